The molecule has 164 valence electrons. The molecule has 0 amide bonds. The minimum absolute atomic E-state index is 0.133. The number of aryl methyl sites for hydroxylation is 2. The lowest BCUT2D eigenvalue weighted by Crippen LogP contribution is -2.46. The molecule has 2 N–H and O–H groups in total. The Hall–Kier alpha value is -2.09. The van der Waals surface area contributed by atoms with E-state index < -0.39 is 0 Å². The summed E-state index contributed by atoms with van der Waals surface area (Å²) in [5, 5.41) is 11.9. The number of nitrogens with zero attached hydrogens (tertiary/aromatic N) is 3. The Morgan fingerprint density at radius 3 is 2.63 bits per heavy atom. The van der Waals surface area contributed by atoms with Gasteiger partial charge in [0.15, 0.2) is 5.96 Å². The number of benzene rings is 1. The molecule has 1 aromatic carbocycles. The number of guanidine groups is 1. The van der Waals surface area contributed by atoms with Gasteiger partial charge in [0.2, 0.25) is 0 Å². The molecule has 3 rings (SSSR count). The first-order valence-electron chi connectivity index (χ1n) is 10.6. The summed E-state index contributed by atoms with van der Waals surface area (Å²) in [4.78, 5) is 6.81. The van der Waals surface area contributed by atoms with Crippen molar-refractivity contribution in [3.8, 4) is 0 Å². The molecule has 7 nitrogen and oxygen atoms in total. The van der Waals surface area contributed by atoms with Gasteiger partial charge in [-0.25, -0.2) is 0 Å². The van der Waals surface area contributed by atoms with E-state index in [1.807, 2.05) is 18.2 Å². The predicted octanol–water partition coefficient (Wildman–Crippen LogP) is 3.19. The van der Waals surface area contributed by atoms with Crippen molar-refractivity contribution >= 4 is 17.6 Å². The summed E-state index contributed by atoms with van der Waals surface area (Å²) in [5.74, 6) is 1.67. The molecular weight excluding hydrogens is 402 g/mol. The smallest absolute Gasteiger partial charge is 0.191 e. The number of aliphatic imine (C=N–C) groups is 1. The van der Waals surface area contributed by atoms with Crippen LogP contribution in [0.4, 0.5) is 0 Å². The van der Waals surface area contributed by atoms with Crippen LogP contribution in [0.2, 0.25) is 5.02 Å². The van der Waals surface area contributed by atoms with Gasteiger partial charge in [-0.1, -0.05) is 48.8 Å². The maximum atomic E-state index is 6.53. The molecule has 1 aliphatic heterocycles. The van der Waals surface area contributed by atoms with Crippen LogP contribution in [0.5, 0.6) is 0 Å². The fourth-order valence-electron chi connectivity index (χ4n) is 3.79. The molecule has 8 heteroatoms. The molecule has 2 aromatic rings. The molecule has 1 unspecified atom stereocenters. The quantitative estimate of drug-likeness (QED) is 0.492. The van der Waals surface area contributed by atoms with Crippen LogP contribution >= 0.6 is 11.6 Å². The number of halogens is 1. The first-order valence-corrected chi connectivity index (χ1v) is 11.0. The molecule has 0 saturated carbocycles. The molecule has 0 bridgehead atoms. The Bertz CT molecular complexity index is 811. The minimum Gasteiger partial charge on any atom is -0.379 e. The first kappa shape index (κ1) is 22.6. The van der Waals surface area contributed by atoms with Gasteiger partial charge in [-0.05, 0) is 18.1 Å². The van der Waals surface area contributed by atoms with E-state index in [0.29, 0.717) is 13.1 Å². The number of nitrogens with one attached hydrogen (secondary N) is 2. The maximum Gasteiger partial charge on any atom is 0.191 e. The second kappa shape index (κ2) is 11.3. The lowest BCUT2D eigenvalue weighted by molar-refractivity contribution is 0.0170. The van der Waals surface area contributed by atoms with Crippen molar-refractivity contribution in [3.63, 3.8) is 0 Å². The van der Waals surface area contributed by atoms with Crippen molar-refractivity contribution < 1.29 is 9.26 Å². The topological polar surface area (TPSA) is 74.9 Å². The van der Waals surface area contributed by atoms with Crippen molar-refractivity contribution in [2.24, 2.45) is 4.99 Å². The Labute approximate surface area is 183 Å². The highest BCUT2D eigenvalue weighted by molar-refractivity contribution is 6.31. The van der Waals surface area contributed by atoms with Gasteiger partial charge in [-0.15, -0.1) is 0 Å². The van der Waals surface area contributed by atoms with E-state index >= 15 is 0 Å². The second-order valence-electron chi connectivity index (χ2n) is 7.23. The molecule has 1 aromatic heterocycles. The summed E-state index contributed by atoms with van der Waals surface area (Å²) in [7, 11) is 1.78. The molecule has 0 aliphatic carbocycles. The summed E-state index contributed by atoms with van der Waals surface area (Å²) in [6.07, 6.45) is 1.67. The third-order valence-corrected chi connectivity index (χ3v) is 5.82. The van der Waals surface area contributed by atoms with Gasteiger partial charge in [-0.3, -0.25) is 9.89 Å². The average Bonchev–Trinajstić information content (AvgIpc) is 3.19. The van der Waals surface area contributed by atoms with Crippen LogP contribution < -0.4 is 10.6 Å². The average molecular weight is 434 g/mol. The van der Waals surface area contributed by atoms with E-state index in [4.69, 9.17) is 20.9 Å². The summed E-state index contributed by atoms with van der Waals surface area (Å²) >= 11 is 6.53. The molecular formula is C22H32ClN5O2. The highest BCUT2D eigenvalue weighted by Crippen LogP contribution is 2.27. The molecule has 1 fully saturated rings. The maximum absolute atomic E-state index is 6.53. The third kappa shape index (κ3) is 5.53. The van der Waals surface area contributed by atoms with Crippen molar-refractivity contribution in [2.45, 2.75) is 39.3 Å². The van der Waals surface area contributed by atoms with Crippen LogP contribution in [0.1, 0.15) is 42.5 Å². The van der Waals surface area contributed by atoms with Crippen LogP contribution in [0, 0.1) is 0 Å². The monoisotopic (exact) mass is 433 g/mol. The van der Waals surface area contributed by atoms with Gasteiger partial charge in [0.05, 0.1) is 24.9 Å². The van der Waals surface area contributed by atoms with Crippen LogP contribution in [-0.4, -0.2) is 55.9 Å². The van der Waals surface area contributed by atoms with Crippen LogP contribution in [0.3, 0.4) is 0 Å². The zero-order valence-electron chi connectivity index (χ0n) is 18.1. The number of hydrogen-bond acceptors (Lipinski definition) is 5. The van der Waals surface area contributed by atoms with E-state index in [9.17, 15) is 0 Å². The summed E-state index contributed by atoms with van der Waals surface area (Å²) < 4.78 is 11.0. The Balaban J connectivity index is 1.67. The molecule has 2 heterocycles. The Morgan fingerprint density at radius 2 is 1.97 bits per heavy atom. The summed E-state index contributed by atoms with van der Waals surface area (Å²) in [5.41, 5.74) is 3.24. The standard InChI is InChI=1S/C22H32ClN5O2/c1-4-19-17(21(5-2)30-27-19)14-25-22(24-3)26-15-20(28-10-12-29-13-11-28)16-8-6-7-9-18(16)23/h6-9,20H,4-5,10-15H2,1-3H3,(H2,24,25,26). The molecule has 1 saturated heterocycles. The van der Waals surface area contributed by atoms with Gasteiger partial charge >= 0.3 is 0 Å². The van der Waals surface area contributed by atoms with Gasteiger partial charge in [-0.2, -0.15) is 0 Å². The van der Waals surface area contributed by atoms with E-state index in [1.54, 1.807) is 7.05 Å². The van der Waals surface area contributed by atoms with E-state index in [0.717, 1.165) is 72.7 Å². The number of ether oxygens (including phenoxy) is 1. The zero-order chi connectivity index (χ0) is 21.3. The highest BCUT2D eigenvalue weighted by atomic mass is 35.5. The SMILES string of the molecule is CCc1noc(CC)c1CNC(=NC)NCC(c1ccccc1Cl)N1CCOCC1. The number of hydrogen-bond donors (Lipinski definition) is 2. The van der Waals surface area contributed by atoms with Crippen molar-refractivity contribution in [3.05, 3.63) is 51.9 Å². The Morgan fingerprint density at radius 1 is 1.20 bits per heavy atom. The van der Waals surface area contributed by atoms with Crippen LogP contribution in [0.25, 0.3) is 0 Å². The Kier molecular flexibility index (Phi) is 8.54. The highest BCUT2D eigenvalue weighted by Gasteiger charge is 2.24. The number of morpholine rings is 1. The summed E-state index contributed by atoms with van der Waals surface area (Å²) in [6.45, 7) is 8.71. The van der Waals surface area contributed by atoms with E-state index in [-0.39, 0.29) is 6.04 Å². The van der Waals surface area contributed by atoms with E-state index in [2.05, 4.69) is 45.6 Å². The molecule has 0 spiro atoms. The number of aromatic nitrogens is 1. The van der Waals surface area contributed by atoms with Crippen molar-refractivity contribution in [2.75, 3.05) is 39.9 Å². The fourth-order valence-corrected chi connectivity index (χ4v) is 4.06. The zero-order valence-corrected chi connectivity index (χ0v) is 18.8. The van der Waals surface area contributed by atoms with Crippen LogP contribution in [0.15, 0.2) is 33.8 Å². The largest absolute Gasteiger partial charge is 0.379 e. The molecule has 1 aliphatic rings. The molecule has 30 heavy (non-hydrogen) atoms. The predicted molar refractivity (Wildman–Crippen MR) is 120 cm³/mol. The lowest BCUT2D eigenvalue weighted by atomic mass is 10.0. The molecule has 0 radical (unpaired) electrons. The summed E-state index contributed by atoms with van der Waals surface area (Å²) in [6, 6.07) is 8.17. The fraction of sp³-hybridized carbons (Fsp3) is 0.545. The third-order valence-electron chi connectivity index (χ3n) is 5.48. The number of rotatable bonds is 8. The van der Waals surface area contributed by atoms with Crippen LogP contribution in [-0.2, 0) is 24.1 Å². The lowest BCUT2D eigenvalue weighted by Gasteiger charge is -2.35. The van der Waals surface area contributed by atoms with E-state index in [1.165, 1.54) is 0 Å². The van der Waals surface area contributed by atoms with Crippen molar-refractivity contribution in [1.82, 2.24) is 20.7 Å². The second-order valence-corrected chi connectivity index (χ2v) is 7.64. The first-order chi connectivity index (χ1) is 14.7. The van der Waals surface area contributed by atoms with Gasteiger partial charge in [0.1, 0.15) is 5.76 Å². The van der Waals surface area contributed by atoms with Gasteiger partial charge in [0, 0.05) is 50.2 Å². The minimum atomic E-state index is 0.133. The molecule has 1 atom stereocenters. The van der Waals surface area contributed by atoms with Crippen molar-refractivity contribution in [1.29, 1.82) is 0 Å². The van der Waals surface area contributed by atoms with Gasteiger partial charge < -0.3 is 19.9 Å². The van der Waals surface area contributed by atoms with Gasteiger partial charge in [0.25, 0.3) is 0 Å². The normalized spacial score (nSPS) is 16.5.